The molecule has 0 aromatic heterocycles. The zero-order valence-electron chi connectivity index (χ0n) is 11.9. The maximum Gasteiger partial charge on any atom is 0.141 e. The van der Waals surface area contributed by atoms with Gasteiger partial charge in [0.15, 0.2) is 0 Å². The molecule has 0 spiro atoms. The van der Waals surface area contributed by atoms with Crippen LogP contribution in [0, 0.1) is 0 Å². The standard InChI is InChI=1S/C19H11Br3O/c20-12-3-1-11(2-4-12)19(23)17-7-5-13(21)9-15(17)16-10-14(22)6-8-18(16)19/h1-10,23H. The average molecular weight is 495 g/mol. The Bertz CT molecular complexity index is 865. The van der Waals surface area contributed by atoms with Gasteiger partial charge in [0.1, 0.15) is 5.60 Å². The Balaban J connectivity index is 2.07. The van der Waals surface area contributed by atoms with E-state index in [-0.39, 0.29) is 0 Å². The topological polar surface area (TPSA) is 20.2 Å². The maximum atomic E-state index is 11.7. The first kappa shape index (κ1) is 15.6. The lowest BCUT2D eigenvalue weighted by atomic mass is 9.84. The average Bonchev–Trinajstić information content (AvgIpc) is 2.77. The molecule has 0 unspecified atom stereocenters. The molecule has 114 valence electrons. The zero-order chi connectivity index (χ0) is 16.2. The lowest BCUT2D eigenvalue weighted by Crippen LogP contribution is -2.26. The molecule has 23 heavy (non-hydrogen) atoms. The van der Waals surface area contributed by atoms with Crippen molar-refractivity contribution in [1.29, 1.82) is 0 Å². The molecule has 0 amide bonds. The molecule has 0 atom stereocenters. The molecule has 0 aliphatic heterocycles. The van der Waals surface area contributed by atoms with Gasteiger partial charge in [0.2, 0.25) is 0 Å². The predicted molar refractivity (Wildman–Crippen MR) is 104 cm³/mol. The molecule has 0 saturated heterocycles. The molecule has 1 N–H and O–H groups in total. The van der Waals surface area contributed by atoms with E-state index in [0.717, 1.165) is 41.2 Å². The third kappa shape index (κ3) is 2.35. The summed E-state index contributed by atoms with van der Waals surface area (Å²) < 4.78 is 3.00. The highest BCUT2D eigenvalue weighted by Gasteiger charge is 2.43. The van der Waals surface area contributed by atoms with E-state index in [2.05, 4.69) is 59.9 Å². The molecule has 4 heteroatoms. The summed E-state index contributed by atoms with van der Waals surface area (Å²) in [5.74, 6) is 0. The smallest absolute Gasteiger partial charge is 0.141 e. The largest absolute Gasteiger partial charge is 0.376 e. The van der Waals surface area contributed by atoms with E-state index < -0.39 is 5.60 Å². The first-order valence-electron chi connectivity index (χ1n) is 7.09. The Kier molecular flexibility index (Phi) is 3.76. The van der Waals surface area contributed by atoms with Gasteiger partial charge in [-0.3, -0.25) is 0 Å². The summed E-state index contributed by atoms with van der Waals surface area (Å²) in [7, 11) is 0. The van der Waals surface area contributed by atoms with Crippen LogP contribution in [0.25, 0.3) is 11.1 Å². The molecule has 1 aliphatic carbocycles. The fourth-order valence-corrected chi connectivity index (χ4v) is 4.24. The highest BCUT2D eigenvalue weighted by atomic mass is 79.9. The summed E-state index contributed by atoms with van der Waals surface area (Å²) in [6.45, 7) is 0. The zero-order valence-corrected chi connectivity index (χ0v) is 16.6. The van der Waals surface area contributed by atoms with Crippen LogP contribution in [-0.4, -0.2) is 5.11 Å². The molecule has 0 heterocycles. The summed E-state index contributed by atoms with van der Waals surface area (Å²) in [5, 5.41) is 11.7. The van der Waals surface area contributed by atoms with Gasteiger partial charge < -0.3 is 5.11 Å². The van der Waals surface area contributed by atoms with Gasteiger partial charge in [-0.1, -0.05) is 72.1 Å². The number of halogens is 3. The minimum absolute atomic E-state index is 0.866. The first-order chi connectivity index (χ1) is 11.0. The Morgan fingerprint density at radius 3 is 1.52 bits per heavy atom. The van der Waals surface area contributed by atoms with Crippen LogP contribution in [0.4, 0.5) is 0 Å². The number of hydrogen-bond donors (Lipinski definition) is 1. The summed E-state index contributed by atoms with van der Waals surface area (Å²) >= 11 is 10.5. The Labute approximate surface area is 159 Å². The Hall–Kier alpha value is -0.940. The second-order valence-electron chi connectivity index (χ2n) is 5.60. The number of aliphatic hydroxyl groups is 1. The molecule has 3 aromatic rings. The second-order valence-corrected chi connectivity index (χ2v) is 8.34. The van der Waals surface area contributed by atoms with Crippen LogP contribution in [0.15, 0.2) is 74.1 Å². The van der Waals surface area contributed by atoms with Gasteiger partial charge in [-0.2, -0.15) is 0 Å². The number of hydrogen-bond acceptors (Lipinski definition) is 1. The minimum Gasteiger partial charge on any atom is -0.376 e. The van der Waals surface area contributed by atoms with Gasteiger partial charge in [-0.05, 0) is 53.1 Å². The van der Waals surface area contributed by atoms with Crippen molar-refractivity contribution in [3.63, 3.8) is 0 Å². The van der Waals surface area contributed by atoms with Crippen molar-refractivity contribution >= 4 is 47.8 Å². The van der Waals surface area contributed by atoms with Gasteiger partial charge in [-0.25, -0.2) is 0 Å². The SMILES string of the molecule is OC1(c2ccc(Br)cc2)c2ccc(Br)cc2-c2cc(Br)ccc21. The Morgan fingerprint density at radius 2 is 1.04 bits per heavy atom. The van der Waals surface area contributed by atoms with E-state index in [9.17, 15) is 5.11 Å². The molecular weight excluding hydrogens is 484 g/mol. The summed E-state index contributed by atoms with van der Waals surface area (Å²) in [6.07, 6.45) is 0. The highest BCUT2D eigenvalue weighted by Crippen LogP contribution is 2.52. The first-order valence-corrected chi connectivity index (χ1v) is 9.47. The fourth-order valence-electron chi connectivity index (χ4n) is 3.26. The van der Waals surface area contributed by atoms with Crippen LogP contribution in [-0.2, 0) is 5.60 Å². The molecule has 0 fully saturated rings. The Morgan fingerprint density at radius 1 is 0.609 bits per heavy atom. The molecule has 1 nitrogen and oxygen atoms in total. The molecular formula is C19H11Br3O. The molecule has 0 bridgehead atoms. The highest BCUT2D eigenvalue weighted by molar-refractivity contribution is 9.11. The monoisotopic (exact) mass is 492 g/mol. The molecule has 4 rings (SSSR count). The number of rotatable bonds is 1. The van der Waals surface area contributed by atoms with E-state index in [1.807, 2.05) is 48.5 Å². The van der Waals surface area contributed by atoms with Crippen molar-refractivity contribution in [2.75, 3.05) is 0 Å². The molecule has 0 saturated carbocycles. The van der Waals surface area contributed by atoms with Crippen molar-refractivity contribution in [2.45, 2.75) is 5.60 Å². The van der Waals surface area contributed by atoms with Gasteiger partial charge >= 0.3 is 0 Å². The van der Waals surface area contributed by atoms with Crippen LogP contribution in [0.1, 0.15) is 16.7 Å². The van der Waals surface area contributed by atoms with Crippen LogP contribution in [0.3, 0.4) is 0 Å². The van der Waals surface area contributed by atoms with Crippen LogP contribution in [0.2, 0.25) is 0 Å². The van der Waals surface area contributed by atoms with Crippen molar-refractivity contribution in [3.8, 4) is 11.1 Å². The predicted octanol–water partition coefficient (Wildman–Crippen LogP) is 6.24. The van der Waals surface area contributed by atoms with Crippen molar-refractivity contribution in [1.82, 2.24) is 0 Å². The second kappa shape index (κ2) is 5.55. The minimum atomic E-state index is -1.13. The number of fused-ring (bicyclic) bond motifs is 3. The number of benzene rings is 3. The van der Waals surface area contributed by atoms with Crippen molar-refractivity contribution in [2.24, 2.45) is 0 Å². The lowest BCUT2D eigenvalue weighted by molar-refractivity contribution is 0.130. The van der Waals surface area contributed by atoms with E-state index in [1.54, 1.807) is 0 Å². The lowest BCUT2D eigenvalue weighted by Gasteiger charge is -2.26. The third-order valence-corrected chi connectivity index (χ3v) is 5.81. The normalized spacial score (nSPS) is 14.4. The summed E-state index contributed by atoms with van der Waals surface area (Å²) in [4.78, 5) is 0. The van der Waals surface area contributed by atoms with E-state index in [0.29, 0.717) is 0 Å². The maximum absolute atomic E-state index is 11.7. The molecule has 1 aliphatic rings. The van der Waals surface area contributed by atoms with Crippen LogP contribution in [0.5, 0.6) is 0 Å². The van der Waals surface area contributed by atoms with Gasteiger partial charge in [0, 0.05) is 24.5 Å². The van der Waals surface area contributed by atoms with E-state index >= 15 is 0 Å². The van der Waals surface area contributed by atoms with Gasteiger partial charge in [0.25, 0.3) is 0 Å². The summed E-state index contributed by atoms with van der Waals surface area (Å²) in [6, 6.07) is 19.9. The van der Waals surface area contributed by atoms with E-state index in [1.165, 1.54) is 0 Å². The molecule has 3 aromatic carbocycles. The van der Waals surface area contributed by atoms with Crippen molar-refractivity contribution in [3.05, 3.63) is 90.8 Å². The molecule has 0 radical (unpaired) electrons. The van der Waals surface area contributed by atoms with Gasteiger partial charge in [0.05, 0.1) is 0 Å². The third-order valence-electron chi connectivity index (χ3n) is 4.29. The van der Waals surface area contributed by atoms with Crippen LogP contribution >= 0.6 is 47.8 Å². The van der Waals surface area contributed by atoms with Crippen molar-refractivity contribution < 1.29 is 5.11 Å². The van der Waals surface area contributed by atoms with E-state index in [4.69, 9.17) is 0 Å². The van der Waals surface area contributed by atoms with Gasteiger partial charge in [-0.15, -0.1) is 0 Å². The quantitative estimate of drug-likeness (QED) is 0.424. The summed E-state index contributed by atoms with van der Waals surface area (Å²) in [5.41, 5.74) is 3.67. The van der Waals surface area contributed by atoms with Crippen LogP contribution < -0.4 is 0 Å². The fraction of sp³-hybridized carbons (Fsp3) is 0.0526.